The van der Waals surface area contributed by atoms with Crippen LogP contribution in [0.15, 0.2) is 36.5 Å². The van der Waals surface area contributed by atoms with E-state index in [9.17, 15) is 9.59 Å². The highest BCUT2D eigenvalue weighted by molar-refractivity contribution is 5.95. The predicted molar refractivity (Wildman–Crippen MR) is 64.4 cm³/mol. The van der Waals surface area contributed by atoms with E-state index < -0.39 is 11.9 Å². The van der Waals surface area contributed by atoms with Crippen molar-refractivity contribution in [3.63, 3.8) is 0 Å². The van der Waals surface area contributed by atoms with Crippen molar-refractivity contribution in [3.05, 3.63) is 53.3 Å². The highest BCUT2D eigenvalue weighted by atomic mass is 16.4. The Morgan fingerprint density at radius 3 is 2.47 bits per heavy atom. The molecular formula is C13H8N2O4. The van der Waals surface area contributed by atoms with E-state index in [1.54, 1.807) is 6.07 Å². The molecule has 19 heavy (non-hydrogen) atoms. The number of benzene rings is 1. The first-order valence-corrected chi connectivity index (χ1v) is 5.23. The fourth-order valence-corrected chi connectivity index (χ4v) is 1.73. The van der Waals surface area contributed by atoms with Crippen LogP contribution in [0, 0.1) is 11.3 Å². The Morgan fingerprint density at radius 1 is 1.16 bits per heavy atom. The number of nitriles is 1. The van der Waals surface area contributed by atoms with Crippen molar-refractivity contribution in [2.45, 2.75) is 0 Å². The van der Waals surface area contributed by atoms with Gasteiger partial charge in [0.1, 0.15) is 11.8 Å². The molecule has 0 aliphatic heterocycles. The summed E-state index contributed by atoms with van der Waals surface area (Å²) in [4.78, 5) is 22.1. The number of hydrogen-bond donors (Lipinski definition) is 2. The maximum Gasteiger partial charge on any atom is 0.337 e. The van der Waals surface area contributed by atoms with E-state index in [2.05, 4.69) is 0 Å². The van der Waals surface area contributed by atoms with E-state index in [0.29, 0.717) is 0 Å². The lowest BCUT2D eigenvalue weighted by Gasteiger charge is -2.09. The van der Waals surface area contributed by atoms with Gasteiger partial charge in [-0.3, -0.25) is 0 Å². The molecule has 0 bridgehead atoms. The lowest BCUT2D eigenvalue weighted by molar-refractivity contribution is 0.0681. The summed E-state index contributed by atoms with van der Waals surface area (Å²) in [7, 11) is 0. The fourth-order valence-electron chi connectivity index (χ4n) is 1.73. The second-order valence-corrected chi connectivity index (χ2v) is 3.72. The lowest BCUT2D eigenvalue weighted by atomic mass is 10.1. The highest BCUT2D eigenvalue weighted by Crippen LogP contribution is 2.19. The molecule has 2 N–H and O–H groups in total. The number of aromatic carboxylic acids is 2. The third-order valence-electron chi connectivity index (χ3n) is 2.60. The van der Waals surface area contributed by atoms with E-state index in [1.807, 2.05) is 6.07 Å². The van der Waals surface area contributed by atoms with E-state index in [-0.39, 0.29) is 22.5 Å². The first kappa shape index (κ1) is 12.4. The summed E-state index contributed by atoms with van der Waals surface area (Å²) in [5.41, 5.74) is 0.259. The van der Waals surface area contributed by atoms with Crippen molar-refractivity contribution in [1.82, 2.24) is 4.57 Å². The van der Waals surface area contributed by atoms with Crippen LogP contribution in [0.5, 0.6) is 0 Å². The molecule has 2 aromatic rings. The third kappa shape index (κ3) is 2.17. The maximum absolute atomic E-state index is 11.2. The summed E-state index contributed by atoms with van der Waals surface area (Å²) in [5, 5.41) is 27.0. The molecule has 1 aromatic heterocycles. The van der Waals surface area contributed by atoms with Crippen LogP contribution in [-0.4, -0.2) is 26.7 Å². The van der Waals surface area contributed by atoms with Crippen LogP contribution in [0.3, 0.4) is 0 Å². The average molecular weight is 256 g/mol. The van der Waals surface area contributed by atoms with Crippen LogP contribution in [0.2, 0.25) is 0 Å². The van der Waals surface area contributed by atoms with Gasteiger partial charge in [-0.2, -0.15) is 5.26 Å². The molecule has 6 nitrogen and oxygen atoms in total. The largest absolute Gasteiger partial charge is 0.478 e. The molecule has 0 amide bonds. The van der Waals surface area contributed by atoms with Gasteiger partial charge >= 0.3 is 11.9 Å². The standard InChI is InChI=1S/C13H8N2O4/c14-7-9-2-1-5-15(9)11-6-8(12(16)17)3-4-10(11)13(18)19/h1-6H,(H,16,17)(H,18,19). The van der Waals surface area contributed by atoms with Crippen molar-refractivity contribution in [1.29, 1.82) is 5.26 Å². The first-order valence-electron chi connectivity index (χ1n) is 5.23. The Hall–Kier alpha value is -3.07. The van der Waals surface area contributed by atoms with Crippen LogP contribution in [0.4, 0.5) is 0 Å². The van der Waals surface area contributed by atoms with Crippen molar-refractivity contribution >= 4 is 11.9 Å². The molecule has 1 heterocycles. The Kier molecular flexibility index (Phi) is 3.04. The lowest BCUT2D eigenvalue weighted by Crippen LogP contribution is -2.08. The van der Waals surface area contributed by atoms with E-state index >= 15 is 0 Å². The van der Waals surface area contributed by atoms with Crippen LogP contribution >= 0.6 is 0 Å². The average Bonchev–Trinajstić information content (AvgIpc) is 2.85. The number of carbonyl (C=O) groups is 2. The molecule has 0 fully saturated rings. The van der Waals surface area contributed by atoms with Crippen molar-refractivity contribution in [2.24, 2.45) is 0 Å². The Morgan fingerprint density at radius 2 is 1.89 bits per heavy atom. The second kappa shape index (κ2) is 4.66. The zero-order valence-electron chi connectivity index (χ0n) is 9.57. The molecule has 0 atom stereocenters. The summed E-state index contributed by atoms with van der Waals surface area (Å²) >= 11 is 0. The number of aromatic nitrogens is 1. The van der Waals surface area contributed by atoms with Crippen molar-refractivity contribution < 1.29 is 19.8 Å². The van der Waals surface area contributed by atoms with Gasteiger partial charge in [0.15, 0.2) is 0 Å². The van der Waals surface area contributed by atoms with Gasteiger partial charge in [0.2, 0.25) is 0 Å². The van der Waals surface area contributed by atoms with E-state index in [0.717, 1.165) is 0 Å². The topological polar surface area (TPSA) is 103 Å². The Balaban J connectivity index is 2.72. The molecule has 0 unspecified atom stereocenters. The van der Waals surface area contributed by atoms with Crippen molar-refractivity contribution in [2.75, 3.05) is 0 Å². The molecule has 0 radical (unpaired) electrons. The minimum Gasteiger partial charge on any atom is -0.478 e. The molecular weight excluding hydrogens is 248 g/mol. The predicted octanol–water partition coefficient (Wildman–Crippen LogP) is 1.75. The molecule has 1 aromatic carbocycles. The van der Waals surface area contributed by atoms with E-state index in [1.165, 1.54) is 35.0 Å². The monoisotopic (exact) mass is 256 g/mol. The molecule has 94 valence electrons. The minimum absolute atomic E-state index is 0.0439. The number of nitrogens with zero attached hydrogens (tertiary/aromatic N) is 2. The molecule has 6 heteroatoms. The van der Waals surface area contributed by atoms with Crippen molar-refractivity contribution in [3.8, 4) is 11.8 Å². The zero-order chi connectivity index (χ0) is 14.0. The fraction of sp³-hybridized carbons (Fsp3) is 0. The molecule has 0 saturated heterocycles. The van der Waals surface area contributed by atoms with Crippen LogP contribution < -0.4 is 0 Å². The highest BCUT2D eigenvalue weighted by Gasteiger charge is 2.16. The first-order chi connectivity index (χ1) is 9.04. The van der Waals surface area contributed by atoms with Gasteiger partial charge < -0.3 is 14.8 Å². The van der Waals surface area contributed by atoms with E-state index in [4.69, 9.17) is 15.5 Å². The van der Waals surface area contributed by atoms with Crippen LogP contribution in [0.25, 0.3) is 5.69 Å². The van der Waals surface area contributed by atoms with Crippen LogP contribution in [-0.2, 0) is 0 Å². The summed E-state index contributed by atoms with van der Waals surface area (Å²) in [5.74, 6) is -2.35. The van der Waals surface area contributed by atoms with Gasteiger partial charge in [0.05, 0.1) is 16.8 Å². The number of hydrogen-bond acceptors (Lipinski definition) is 3. The number of carboxylic acids is 2. The van der Waals surface area contributed by atoms with Gasteiger partial charge in [-0.1, -0.05) is 0 Å². The zero-order valence-corrected chi connectivity index (χ0v) is 9.57. The third-order valence-corrected chi connectivity index (χ3v) is 2.60. The molecule has 0 aliphatic rings. The molecule has 0 spiro atoms. The molecule has 0 saturated carbocycles. The van der Waals surface area contributed by atoms with Gasteiger partial charge in [0, 0.05) is 6.20 Å². The minimum atomic E-state index is -1.19. The Labute approximate surface area is 107 Å². The summed E-state index contributed by atoms with van der Waals surface area (Å²) in [6.07, 6.45) is 1.51. The van der Waals surface area contributed by atoms with Crippen LogP contribution in [0.1, 0.15) is 26.4 Å². The summed E-state index contributed by atoms with van der Waals surface area (Å²) in [6.45, 7) is 0. The van der Waals surface area contributed by atoms with Gasteiger partial charge in [-0.15, -0.1) is 0 Å². The second-order valence-electron chi connectivity index (χ2n) is 3.72. The van der Waals surface area contributed by atoms with Gasteiger partial charge in [-0.25, -0.2) is 9.59 Å². The Bertz CT molecular complexity index is 710. The maximum atomic E-state index is 11.2. The van der Waals surface area contributed by atoms with Gasteiger partial charge in [0.25, 0.3) is 0 Å². The summed E-state index contributed by atoms with van der Waals surface area (Å²) < 4.78 is 1.34. The smallest absolute Gasteiger partial charge is 0.337 e. The molecule has 2 rings (SSSR count). The quantitative estimate of drug-likeness (QED) is 0.870. The number of carboxylic acid groups (broad SMARTS) is 2. The molecule has 0 aliphatic carbocycles. The SMILES string of the molecule is N#Cc1cccn1-c1cc(C(=O)O)ccc1C(=O)O. The number of rotatable bonds is 3. The van der Waals surface area contributed by atoms with Gasteiger partial charge in [-0.05, 0) is 30.3 Å². The summed E-state index contributed by atoms with van der Waals surface area (Å²) in [6, 6.07) is 8.66. The normalized spacial score (nSPS) is 9.84.